The van der Waals surface area contributed by atoms with Crippen LogP contribution in [0.5, 0.6) is 0 Å². The number of piperidine rings is 1. The highest BCUT2D eigenvalue weighted by molar-refractivity contribution is 6.09. The van der Waals surface area contributed by atoms with Crippen molar-refractivity contribution in [1.82, 2.24) is 14.7 Å². The molecule has 3 rings (SSSR count). The second-order valence-electron chi connectivity index (χ2n) is 7.30. The molecule has 7 heteroatoms. The number of carbonyl (C=O) groups is 3. The molecule has 2 saturated heterocycles. The zero-order valence-electron chi connectivity index (χ0n) is 14.5. The Morgan fingerprint density at radius 3 is 2.54 bits per heavy atom. The molecule has 0 bridgehead atoms. The van der Waals surface area contributed by atoms with Crippen LogP contribution in [-0.4, -0.2) is 70.8 Å². The molecular formula is C17H28N4O3. The monoisotopic (exact) mass is 336 g/mol. The summed E-state index contributed by atoms with van der Waals surface area (Å²) in [7, 11) is 1.69. The minimum Gasteiger partial charge on any atom is -0.337 e. The molecule has 24 heavy (non-hydrogen) atoms. The summed E-state index contributed by atoms with van der Waals surface area (Å²) < 4.78 is 0. The Hall–Kier alpha value is -1.63. The molecule has 1 atom stereocenters. The van der Waals surface area contributed by atoms with E-state index in [1.807, 2.05) is 0 Å². The first-order valence-electron chi connectivity index (χ1n) is 9.10. The van der Waals surface area contributed by atoms with Gasteiger partial charge >= 0.3 is 6.03 Å². The maximum atomic E-state index is 12.9. The molecular weight excluding hydrogens is 308 g/mol. The lowest BCUT2D eigenvalue weighted by Crippen LogP contribution is -2.52. The van der Waals surface area contributed by atoms with Crippen LogP contribution in [0.15, 0.2) is 0 Å². The molecule has 2 N–H and O–H groups in total. The molecule has 3 fully saturated rings. The number of hydrogen-bond donors (Lipinski definition) is 1. The first-order chi connectivity index (χ1) is 11.5. The van der Waals surface area contributed by atoms with Crippen molar-refractivity contribution < 1.29 is 14.4 Å². The molecule has 134 valence electrons. The molecule has 4 amide bonds. The lowest BCUT2D eigenvalue weighted by atomic mass is 9.81. The Labute approximate surface area is 143 Å². The average molecular weight is 336 g/mol. The van der Waals surface area contributed by atoms with Crippen LogP contribution >= 0.6 is 0 Å². The third-order valence-electron chi connectivity index (χ3n) is 6.00. The summed E-state index contributed by atoms with van der Waals surface area (Å²) in [6.07, 6.45) is 7.32. The summed E-state index contributed by atoms with van der Waals surface area (Å²) in [6.45, 7) is 0.940. The third-order valence-corrected chi connectivity index (χ3v) is 6.00. The van der Waals surface area contributed by atoms with Gasteiger partial charge in [0, 0.05) is 26.2 Å². The van der Waals surface area contributed by atoms with Crippen LogP contribution < -0.4 is 5.73 Å². The predicted molar refractivity (Wildman–Crippen MR) is 89.1 cm³/mol. The first kappa shape index (κ1) is 17.2. The summed E-state index contributed by atoms with van der Waals surface area (Å²) in [5.74, 6) is -0.350. The van der Waals surface area contributed by atoms with Gasteiger partial charge in [0.15, 0.2) is 0 Å². The fraction of sp³-hybridized carbons (Fsp3) is 0.824. The summed E-state index contributed by atoms with van der Waals surface area (Å²) >= 11 is 0. The number of rotatable bonds is 3. The second-order valence-corrected chi connectivity index (χ2v) is 7.30. The topological polar surface area (TPSA) is 87.0 Å². The van der Waals surface area contributed by atoms with Crippen molar-refractivity contribution >= 4 is 17.8 Å². The lowest BCUT2D eigenvalue weighted by Gasteiger charge is -2.36. The fourth-order valence-corrected chi connectivity index (χ4v) is 4.47. The van der Waals surface area contributed by atoms with Crippen molar-refractivity contribution in [2.45, 2.75) is 62.9 Å². The van der Waals surface area contributed by atoms with Crippen LogP contribution in [0, 0.1) is 0 Å². The van der Waals surface area contributed by atoms with Crippen LogP contribution in [-0.2, 0) is 9.59 Å². The highest BCUT2D eigenvalue weighted by atomic mass is 16.2. The van der Waals surface area contributed by atoms with Gasteiger partial charge in [-0.1, -0.05) is 19.3 Å². The summed E-state index contributed by atoms with van der Waals surface area (Å²) in [5, 5.41) is 0. The molecule has 0 radical (unpaired) electrons. The van der Waals surface area contributed by atoms with Crippen LogP contribution in [0.1, 0.15) is 51.4 Å². The van der Waals surface area contributed by atoms with Gasteiger partial charge < -0.3 is 15.5 Å². The summed E-state index contributed by atoms with van der Waals surface area (Å²) in [5.41, 5.74) is 5.06. The standard InChI is InChI=1S/C17H28N4O3/c1-19-16(24)21(15(23)17(19)8-4-2-5-9-17)12-14(22)20-10-6-3-7-13(20)11-18/h13H,2-12,18H2,1H3. The van der Waals surface area contributed by atoms with Gasteiger partial charge in [-0.15, -0.1) is 0 Å². The van der Waals surface area contributed by atoms with E-state index in [-0.39, 0.29) is 30.4 Å². The Morgan fingerprint density at radius 1 is 1.17 bits per heavy atom. The number of urea groups is 1. The largest absolute Gasteiger partial charge is 0.337 e. The van der Waals surface area contributed by atoms with Gasteiger partial charge in [-0.2, -0.15) is 0 Å². The Kier molecular flexibility index (Phi) is 4.80. The Balaban J connectivity index is 1.73. The zero-order valence-corrected chi connectivity index (χ0v) is 14.5. The number of amides is 4. The van der Waals surface area contributed by atoms with Crippen molar-refractivity contribution in [3.05, 3.63) is 0 Å². The summed E-state index contributed by atoms with van der Waals surface area (Å²) in [6, 6.07) is -0.308. The normalized spacial score (nSPS) is 27.2. The third kappa shape index (κ3) is 2.68. The first-order valence-corrected chi connectivity index (χ1v) is 9.10. The van der Waals surface area contributed by atoms with E-state index in [0.717, 1.165) is 43.4 Å². The maximum absolute atomic E-state index is 12.9. The van der Waals surface area contributed by atoms with Crippen LogP contribution in [0.4, 0.5) is 4.79 Å². The van der Waals surface area contributed by atoms with Crippen molar-refractivity contribution in [1.29, 1.82) is 0 Å². The van der Waals surface area contributed by atoms with E-state index in [1.165, 1.54) is 0 Å². The molecule has 0 aromatic rings. The van der Waals surface area contributed by atoms with Gasteiger partial charge in [0.2, 0.25) is 5.91 Å². The van der Waals surface area contributed by atoms with E-state index >= 15 is 0 Å². The molecule has 1 saturated carbocycles. The molecule has 2 aliphatic heterocycles. The predicted octanol–water partition coefficient (Wildman–Crippen LogP) is 0.923. The second kappa shape index (κ2) is 6.70. The Morgan fingerprint density at radius 2 is 1.88 bits per heavy atom. The van der Waals surface area contributed by atoms with Crippen LogP contribution in [0.25, 0.3) is 0 Å². The average Bonchev–Trinajstić information content (AvgIpc) is 2.78. The van der Waals surface area contributed by atoms with Gasteiger partial charge in [0.1, 0.15) is 12.1 Å². The molecule has 0 aromatic heterocycles. The molecule has 1 spiro atoms. The van der Waals surface area contributed by atoms with Gasteiger partial charge in [0.05, 0.1) is 0 Å². The number of hydrogen-bond acceptors (Lipinski definition) is 4. The fourth-order valence-electron chi connectivity index (χ4n) is 4.47. The van der Waals surface area contributed by atoms with E-state index in [4.69, 9.17) is 5.73 Å². The van der Waals surface area contributed by atoms with Gasteiger partial charge in [-0.25, -0.2) is 4.79 Å². The van der Waals surface area contributed by atoms with Gasteiger partial charge in [-0.3, -0.25) is 14.5 Å². The van der Waals surface area contributed by atoms with Crippen molar-refractivity contribution in [3.8, 4) is 0 Å². The van der Waals surface area contributed by atoms with E-state index in [0.29, 0.717) is 25.9 Å². The van der Waals surface area contributed by atoms with Crippen molar-refractivity contribution in [2.24, 2.45) is 5.73 Å². The van der Waals surface area contributed by atoms with Crippen LogP contribution in [0.2, 0.25) is 0 Å². The smallest absolute Gasteiger partial charge is 0.327 e. The molecule has 2 heterocycles. The highest BCUT2D eigenvalue weighted by Gasteiger charge is 2.56. The molecule has 7 nitrogen and oxygen atoms in total. The molecule has 1 unspecified atom stereocenters. The van der Waals surface area contributed by atoms with E-state index < -0.39 is 5.54 Å². The molecule has 0 aromatic carbocycles. The maximum Gasteiger partial charge on any atom is 0.327 e. The number of likely N-dealkylation sites (N-methyl/N-ethyl adjacent to an activating group) is 1. The van der Waals surface area contributed by atoms with Crippen molar-refractivity contribution in [2.75, 3.05) is 26.7 Å². The van der Waals surface area contributed by atoms with Gasteiger partial charge in [-0.05, 0) is 32.1 Å². The van der Waals surface area contributed by atoms with E-state index in [2.05, 4.69) is 0 Å². The number of likely N-dealkylation sites (tertiary alicyclic amines) is 1. The van der Waals surface area contributed by atoms with Crippen molar-refractivity contribution in [3.63, 3.8) is 0 Å². The quantitative estimate of drug-likeness (QED) is 0.777. The zero-order chi connectivity index (χ0) is 17.3. The lowest BCUT2D eigenvalue weighted by molar-refractivity contribution is -0.142. The minimum atomic E-state index is -0.717. The number of carbonyl (C=O) groups excluding carboxylic acids is 3. The van der Waals surface area contributed by atoms with E-state index in [9.17, 15) is 14.4 Å². The summed E-state index contributed by atoms with van der Waals surface area (Å²) in [4.78, 5) is 42.7. The Bertz CT molecular complexity index is 530. The minimum absolute atomic E-state index is 0.0282. The molecule has 3 aliphatic rings. The SMILES string of the molecule is CN1C(=O)N(CC(=O)N2CCCCC2CN)C(=O)C12CCCCC2. The highest BCUT2D eigenvalue weighted by Crippen LogP contribution is 2.39. The number of imide groups is 1. The van der Waals surface area contributed by atoms with Crippen LogP contribution in [0.3, 0.4) is 0 Å². The number of nitrogens with two attached hydrogens (primary N) is 1. The van der Waals surface area contributed by atoms with E-state index in [1.54, 1.807) is 16.8 Å². The van der Waals surface area contributed by atoms with Gasteiger partial charge in [0.25, 0.3) is 5.91 Å². The molecule has 1 aliphatic carbocycles. The number of nitrogens with zero attached hydrogens (tertiary/aromatic N) is 3.